The first-order valence-corrected chi connectivity index (χ1v) is 12.0. The minimum absolute atomic E-state index is 0.0125. The van der Waals surface area contributed by atoms with Crippen LogP contribution in [0.5, 0.6) is 17.2 Å². The molecular formula is C27H31ClN2O6. The molecule has 0 spiro atoms. The van der Waals surface area contributed by atoms with Crippen molar-refractivity contribution in [3.05, 3.63) is 82.1 Å². The Balaban J connectivity index is 1.48. The zero-order chi connectivity index (χ0) is 25.9. The van der Waals surface area contributed by atoms with Crippen LogP contribution in [0.3, 0.4) is 0 Å². The molecule has 1 amide bonds. The fourth-order valence-corrected chi connectivity index (χ4v) is 3.63. The molecule has 0 saturated carbocycles. The van der Waals surface area contributed by atoms with Crippen molar-refractivity contribution in [2.75, 3.05) is 34.0 Å². The number of nitrogens with one attached hydrogen (secondary N) is 1. The van der Waals surface area contributed by atoms with Gasteiger partial charge in [-0.25, -0.2) is 4.98 Å². The van der Waals surface area contributed by atoms with E-state index >= 15 is 0 Å². The van der Waals surface area contributed by atoms with Crippen molar-refractivity contribution in [1.82, 2.24) is 10.3 Å². The smallest absolute Gasteiger partial charge is 0.251 e. The van der Waals surface area contributed by atoms with Gasteiger partial charge in [-0.05, 0) is 60.0 Å². The van der Waals surface area contributed by atoms with Crippen molar-refractivity contribution in [3.63, 3.8) is 0 Å². The van der Waals surface area contributed by atoms with Crippen LogP contribution in [-0.4, -0.2) is 50.0 Å². The van der Waals surface area contributed by atoms with E-state index in [4.69, 9.17) is 30.5 Å². The summed E-state index contributed by atoms with van der Waals surface area (Å²) in [4.78, 5) is 16.8. The number of benzene rings is 2. The second-order valence-electron chi connectivity index (χ2n) is 7.92. The Morgan fingerprint density at radius 2 is 1.78 bits per heavy atom. The summed E-state index contributed by atoms with van der Waals surface area (Å²) in [5.74, 6) is 1.35. The van der Waals surface area contributed by atoms with Gasteiger partial charge < -0.3 is 29.4 Å². The summed E-state index contributed by atoms with van der Waals surface area (Å²) >= 11 is 6.02. The number of pyridine rings is 1. The number of methoxy groups -OCH3 is 2. The molecule has 1 heterocycles. The fourth-order valence-electron chi connectivity index (χ4n) is 3.39. The number of aromatic nitrogens is 1. The average molecular weight is 515 g/mol. The molecule has 1 unspecified atom stereocenters. The number of aryl methyl sites for hydroxylation is 1. The predicted molar refractivity (Wildman–Crippen MR) is 137 cm³/mol. The Morgan fingerprint density at radius 3 is 2.47 bits per heavy atom. The highest BCUT2D eigenvalue weighted by Crippen LogP contribution is 2.28. The van der Waals surface area contributed by atoms with Crippen molar-refractivity contribution in [2.45, 2.75) is 26.1 Å². The topological polar surface area (TPSA) is 99.1 Å². The molecule has 3 aromatic rings. The van der Waals surface area contributed by atoms with Gasteiger partial charge in [0, 0.05) is 12.1 Å². The molecule has 3 rings (SSSR count). The zero-order valence-corrected chi connectivity index (χ0v) is 21.4. The monoisotopic (exact) mass is 514 g/mol. The molecule has 1 aromatic heterocycles. The van der Waals surface area contributed by atoms with Crippen LogP contribution < -0.4 is 19.5 Å². The quantitative estimate of drug-likeness (QED) is 0.258. The Bertz CT molecular complexity index is 1140. The zero-order valence-electron chi connectivity index (χ0n) is 20.6. The van der Waals surface area contributed by atoms with Crippen LogP contribution in [-0.2, 0) is 17.8 Å². The number of hydrogen-bond donors (Lipinski definition) is 2. The Kier molecular flexibility index (Phi) is 10.4. The first-order valence-electron chi connectivity index (χ1n) is 11.6. The lowest BCUT2D eigenvalue weighted by Gasteiger charge is -2.14. The Morgan fingerprint density at radius 1 is 1.00 bits per heavy atom. The largest absolute Gasteiger partial charge is 0.497 e. The molecule has 0 fully saturated rings. The molecule has 0 aliphatic carbocycles. The number of rotatable bonds is 13. The Labute approximate surface area is 216 Å². The highest BCUT2D eigenvalue weighted by Gasteiger charge is 2.15. The van der Waals surface area contributed by atoms with Crippen molar-refractivity contribution < 1.29 is 28.8 Å². The van der Waals surface area contributed by atoms with E-state index in [0.29, 0.717) is 47.7 Å². The molecule has 0 aliphatic heterocycles. The number of aliphatic hydroxyl groups is 1. The molecule has 8 nitrogen and oxygen atoms in total. The van der Waals surface area contributed by atoms with Crippen LogP contribution in [0, 0.1) is 0 Å². The molecule has 0 saturated heterocycles. The molecule has 0 bridgehead atoms. The van der Waals surface area contributed by atoms with E-state index in [2.05, 4.69) is 10.3 Å². The van der Waals surface area contributed by atoms with Crippen LogP contribution >= 0.6 is 11.6 Å². The van der Waals surface area contributed by atoms with E-state index in [1.54, 1.807) is 37.4 Å². The normalized spacial score (nSPS) is 11.6. The number of amides is 1. The van der Waals surface area contributed by atoms with E-state index in [1.807, 2.05) is 31.2 Å². The lowest BCUT2D eigenvalue weighted by Crippen LogP contribution is -2.28. The van der Waals surface area contributed by atoms with E-state index < -0.39 is 6.10 Å². The van der Waals surface area contributed by atoms with Gasteiger partial charge in [0.1, 0.15) is 23.6 Å². The van der Waals surface area contributed by atoms with Gasteiger partial charge in [-0.15, -0.1) is 0 Å². The van der Waals surface area contributed by atoms with Gasteiger partial charge in [-0.3, -0.25) is 4.79 Å². The fraction of sp³-hybridized carbons (Fsp3) is 0.333. The van der Waals surface area contributed by atoms with E-state index in [-0.39, 0.29) is 12.5 Å². The third-order valence-electron chi connectivity index (χ3n) is 5.42. The summed E-state index contributed by atoms with van der Waals surface area (Å²) in [5, 5.41) is 13.5. The first kappa shape index (κ1) is 27.3. The first-order chi connectivity index (χ1) is 17.4. The van der Waals surface area contributed by atoms with Crippen molar-refractivity contribution >= 4 is 17.5 Å². The van der Waals surface area contributed by atoms with Crippen molar-refractivity contribution in [2.24, 2.45) is 0 Å². The molecule has 2 aromatic carbocycles. The highest BCUT2D eigenvalue weighted by atomic mass is 35.5. The summed E-state index contributed by atoms with van der Waals surface area (Å²) in [5.41, 5.74) is 2.78. The molecule has 1 atom stereocenters. The lowest BCUT2D eigenvalue weighted by atomic mass is 10.1. The van der Waals surface area contributed by atoms with Crippen LogP contribution in [0.15, 0.2) is 54.6 Å². The van der Waals surface area contributed by atoms with Gasteiger partial charge >= 0.3 is 0 Å². The van der Waals surface area contributed by atoms with Crippen molar-refractivity contribution in [3.8, 4) is 17.2 Å². The van der Waals surface area contributed by atoms with Crippen LogP contribution in [0.25, 0.3) is 0 Å². The Hall–Kier alpha value is -3.33. The number of hydrogen-bond acceptors (Lipinski definition) is 7. The second-order valence-corrected chi connectivity index (χ2v) is 8.30. The molecule has 0 aliphatic rings. The molecule has 192 valence electrons. The van der Waals surface area contributed by atoms with Crippen LogP contribution in [0.1, 0.15) is 40.2 Å². The molecule has 2 N–H and O–H groups in total. The second kappa shape index (κ2) is 13.7. The maximum Gasteiger partial charge on any atom is 0.251 e. The summed E-state index contributed by atoms with van der Waals surface area (Å²) in [7, 11) is 3.13. The van der Waals surface area contributed by atoms with Gasteiger partial charge in [0.25, 0.3) is 5.91 Å². The number of ether oxygens (including phenoxy) is 4. The highest BCUT2D eigenvalue weighted by molar-refractivity contribution is 6.29. The van der Waals surface area contributed by atoms with Gasteiger partial charge in [0.2, 0.25) is 0 Å². The number of nitrogens with zero attached hydrogens (tertiary/aromatic N) is 1. The molecule has 9 heteroatoms. The number of carbonyl (C=O) groups excluding carboxylic acids is 1. The SMILES string of the molecule is CCc1cc(Cl)nc(C(O)CNC(=O)c2ccc(OCCOCc3ccc(OC)cc3)c(OC)c2)c1. The van der Waals surface area contributed by atoms with Gasteiger partial charge in [-0.2, -0.15) is 0 Å². The van der Waals surface area contributed by atoms with E-state index in [9.17, 15) is 9.90 Å². The maximum absolute atomic E-state index is 12.6. The van der Waals surface area contributed by atoms with Crippen LogP contribution in [0.2, 0.25) is 5.15 Å². The van der Waals surface area contributed by atoms with Crippen LogP contribution in [0.4, 0.5) is 0 Å². The van der Waals surface area contributed by atoms with Gasteiger partial charge in [0.05, 0.1) is 33.1 Å². The third-order valence-corrected chi connectivity index (χ3v) is 5.61. The minimum atomic E-state index is -0.986. The third kappa shape index (κ3) is 7.84. The average Bonchev–Trinajstić information content (AvgIpc) is 2.91. The number of carbonyl (C=O) groups is 1. The maximum atomic E-state index is 12.6. The summed E-state index contributed by atoms with van der Waals surface area (Å²) < 4.78 is 21.9. The van der Waals surface area contributed by atoms with Gasteiger partial charge in [0.15, 0.2) is 11.5 Å². The molecule has 0 radical (unpaired) electrons. The molecule has 36 heavy (non-hydrogen) atoms. The summed E-state index contributed by atoms with van der Waals surface area (Å²) in [6, 6.07) is 16.1. The van der Waals surface area contributed by atoms with E-state index in [1.165, 1.54) is 7.11 Å². The predicted octanol–water partition coefficient (Wildman–Crippen LogP) is 4.37. The number of halogens is 1. The minimum Gasteiger partial charge on any atom is -0.497 e. The van der Waals surface area contributed by atoms with Crippen molar-refractivity contribution in [1.29, 1.82) is 0 Å². The number of aliphatic hydroxyl groups excluding tert-OH is 1. The lowest BCUT2D eigenvalue weighted by molar-refractivity contribution is 0.0877. The molecular weight excluding hydrogens is 484 g/mol. The summed E-state index contributed by atoms with van der Waals surface area (Å²) in [6.07, 6.45) is -0.225. The van der Waals surface area contributed by atoms with E-state index in [0.717, 1.165) is 23.3 Å². The van der Waals surface area contributed by atoms with Gasteiger partial charge in [-0.1, -0.05) is 30.7 Å². The summed E-state index contributed by atoms with van der Waals surface area (Å²) in [6.45, 7) is 3.13. The standard InChI is InChI=1S/C27H31ClN2O6/c1-4-18-13-22(30-26(28)14-18)23(31)16-29-27(32)20-7-10-24(25(15-20)34-3)36-12-11-35-17-19-5-8-21(33-2)9-6-19/h5-10,13-15,23,31H,4,11-12,16-17H2,1-3H3,(H,29,32).